The van der Waals surface area contributed by atoms with Crippen LogP contribution in [0.3, 0.4) is 0 Å². The molecule has 0 amide bonds. The Morgan fingerprint density at radius 1 is 0.881 bits per heavy atom. The van der Waals surface area contributed by atoms with Gasteiger partial charge in [-0.15, -0.1) is 5.17 Å². The summed E-state index contributed by atoms with van der Waals surface area (Å²) in [5, 5.41) is 10.6. The van der Waals surface area contributed by atoms with Crippen molar-refractivity contribution in [2.45, 2.75) is 37.3 Å². The first kappa shape index (κ1) is 31.7. The lowest BCUT2D eigenvalue weighted by molar-refractivity contribution is -0.114. The zero-order valence-corrected chi connectivity index (χ0v) is 25.5. The van der Waals surface area contributed by atoms with Crippen molar-refractivity contribution < 1.29 is 38.0 Å². The third kappa shape index (κ3) is 7.99. The molecule has 2 atom stereocenters. The lowest BCUT2D eigenvalue weighted by Gasteiger charge is -2.21. The molecule has 1 saturated heterocycles. The van der Waals surface area contributed by atoms with E-state index in [4.69, 9.17) is 28.4 Å². The van der Waals surface area contributed by atoms with Crippen LogP contribution in [-0.2, 0) is 17.0 Å². The number of hydrazine groups is 1. The predicted molar refractivity (Wildman–Crippen MR) is 159 cm³/mol. The standard InChI is InChI=1S/C31H39FN2O7S/c1-34(35)33-18-23-14-21(15-27(36-2)30(23)40-12-13-42-19-20-6-8-24(32)9-7-20)25-10-11-26(41-25)22-16-28(37-3)31(39-5)29(17-22)38-4/h6-9,14-17,25-26,33,35H,10-13,18-19H2,1-5H3/t25-,26-/m1/s1. The molecule has 11 heteroatoms. The van der Waals surface area contributed by atoms with E-state index in [2.05, 4.69) is 5.43 Å². The first-order valence-electron chi connectivity index (χ1n) is 13.6. The molecule has 0 radical (unpaired) electrons. The van der Waals surface area contributed by atoms with Crippen molar-refractivity contribution in [3.63, 3.8) is 0 Å². The summed E-state index contributed by atoms with van der Waals surface area (Å²) in [5.41, 5.74) is 6.69. The number of nitrogens with zero attached hydrogens (tertiary/aromatic N) is 1. The van der Waals surface area contributed by atoms with Crippen LogP contribution in [-0.4, -0.2) is 58.2 Å². The molecule has 4 rings (SSSR count). The van der Waals surface area contributed by atoms with E-state index in [1.807, 2.05) is 24.3 Å². The maximum Gasteiger partial charge on any atom is 0.203 e. The molecule has 0 aliphatic carbocycles. The highest BCUT2D eigenvalue weighted by Gasteiger charge is 2.31. The average molecular weight is 603 g/mol. The molecular weight excluding hydrogens is 563 g/mol. The molecule has 3 aromatic carbocycles. The number of hydroxylamine groups is 1. The molecule has 0 spiro atoms. The van der Waals surface area contributed by atoms with Gasteiger partial charge in [0, 0.05) is 30.7 Å². The van der Waals surface area contributed by atoms with E-state index in [9.17, 15) is 9.60 Å². The summed E-state index contributed by atoms with van der Waals surface area (Å²) in [5.74, 6) is 4.16. The summed E-state index contributed by atoms with van der Waals surface area (Å²) in [7, 11) is 7.89. The van der Waals surface area contributed by atoms with Crippen LogP contribution in [0.4, 0.5) is 4.39 Å². The highest BCUT2D eigenvalue weighted by molar-refractivity contribution is 7.98. The van der Waals surface area contributed by atoms with Gasteiger partial charge in [0.15, 0.2) is 23.0 Å². The van der Waals surface area contributed by atoms with Crippen molar-refractivity contribution in [1.29, 1.82) is 0 Å². The number of halogens is 1. The molecule has 3 aromatic rings. The molecule has 1 heterocycles. The van der Waals surface area contributed by atoms with Gasteiger partial charge >= 0.3 is 0 Å². The highest BCUT2D eigenvalue weighted by atomic mass is 32.2. The zero-order valence-electron chi connectivity index (χ0n) is 24.6. The number of benzene rings is 3. The third-order valence-corrected chi connectivity index (χ3v) is 7.97. The third-order valence-electron chi connectivity index (χ3n) is 6.98. The lowest BCUT2D eigenvalue weighted by Crippen LogP contribution is -2.30. The minimum Gasteiger partial charge on any atom is -0.493 e. The SMILES string of the molecule is COc1cc([C@H]2CC[C@H](c3cc(OC)c(OC)c(OC)c3)O2)cc(CNN(C)O)c1OCCSCc1ccc(F)cc1. The van der Waals surface area contributed by atoms with Crippen LogP contribution in [0.25, 0.3) is 0 Å². The van der Waals surface area contributed by atoms with Gasteiger partial charge in [0.1, 0.15) is 5.82 Å². The van der Waals surface area contributed by atoms with Crippen molar-refractivity contribution in [2.24, 2.45) is 0 Å². The fraction of sp³-hybridized carbons (Fsp3) is 0.419. The van der Waals surface area contributed by atoms with Crippen LogP contribution in [0.2, 0.25) is 0 Å². The van der Waals surface area contributed by atoms with Crippen LogP contribution < -0.4 is 29.1 Å². The van der Waals surface area contributed by atoms with Crippen LogP contribution in [0.15, 0.2) is 48.5 Å². The number of thioether (sulfide) groups is 1. The topological polar surface area (TPSA) is 90.9 Å². The van der Waals surface area contributed by atoms with Crippen LogP contribution >= 0.6 is 11.8 Å². The summed E-state index contributed by atoms with van der Waals surface area (Å²) < 4.78 is 48.2. The normalized spacial score (nSPS) is 16.5. The van der Waals surface area contributed by atoms with Gasteiger partial charge in [-0.25, -0.2) is 9.82 Å². The van der Waals surface area contributed by atoms with Crippen LogP contribution in [0.1, 0.15) is 47.3 Å². The van der Waals surface area contributed by atoms with Crippen molar-refractivity contribution in [1.82, 2.24) is 10.6 Å². The molecule has 42 heavy (non-hydrogen) atoms. The van der Waals surface area contributed by atoms with Crippen molar-refractivity contribution >= 4 is 11.8 Å². The fourth-order valence-corrected chi connectivity index (χ4v) is 5.68. The van der Waals surface area contributed by atoms with Gasteiger partial charge in [-0.1, -0.05) is 12.1 Å². The minimum absolute atomic E-state index is 0.158. The molecule has 0 saturated carbocycles. The van der Waals surface area contributed by atoms with E-state index < -0.39 is 0 Å². The highest BCUT2D eigenvalue weighted by Crippen LogP contribution is 2.47. The Kier molecular flexibility index (Phi) is 11.6. The minimum atomic E-state index is -0.239. The first-order chi connectivity index (χ1) is 20.4. The van der Waals surface area contributed by atoms with E-state index in [0.29, 0.717) is 41.9 Å². The summed E-state index contributed by atoms with van der Waals surface area (Å²) >= 11 is 1.70. The summed E-state index contributed by atoms with van der Waals surface area (Å²) in [6.45, 7) is 0.769. The Morgan fingerprint density at radius 3 is 2.00 bits per heavy atom. The number of rotatable bonds is 15. The summed E-state index contributed by atoms with van der Waals surface area (Å²) in [6, 6.07) is 14.3. The van der Waals surface area contributed by atoms with Crippen LogP contribution in [0.5, 0.6) is 28.7 Å². The fourth-order valence-electron chi connectivity index (χ4n) is 4.90. The van der Waals surface area contributed by atoms with E-state index >= 15 is 0 Å². The monoisotopic (exact) mass is 602 g/mol. The van der Waals surface area contributed by atoms with E-state index in [0.717, 1.165) is 51.8 Å². The smallest absolute Gasteiger partial charge is 0.203 e. The molecule has 0 aromatic heterocycles. The van der Waals surface area contributed by atoms with Gasteiger partial charge in [0.05, 0.1) is 47.3 Å². The van der Waals surface area contributed by atoms with Gasteiger partial charge in [0.25, 0.3) is 0 Å². The van der Waals surface area contributed by atoms with Gasteiger partial charge in [-0.2, -0.15) is 11.8 Å². The summed E-state index contributed by atoms with van der Waals surface area (Å²) in [6.07, 6.45) is 1.28. The number of ether oxygens (including phenoxy) is 6. The molecule has 0 bridgehead atoms. The molecule has 1 aliphatic heterocycles. The number of nitrogens with one attached hydrogen (secondary N) is 1. The Labute approximate surface area is 250 Å². The molecule has 2 N–H and O–H groups in total. The molecule has 1 aliphatic rings. The average Bonchev–Trinajstić information content (AvgIpc) is 3.50. The second kappa shape index (κ2) is 15.3. The van der Waals surface area contributed by atoms with Crippen molar-refractivity contribution in [3.05, 3.63) is 76.6 Å². The maximum absolute atomic E-state index is 13.2. The quantitative estimate of drug-likeness (QED) is 0.157. The van der Waals surface area contributed by atoms with Gasteiger partial charge < -0.3 is 28.4 Å². The summed E-state index contributed by atoms with van der Waals surface area (Å²) in [4.78, 5) is 0. The number of methoxy groups -OCH3 is 4. The van der Waals surface area contributed by atoms with Crippen LogP contribution in [0, 0.1) is 5.82 Å². The Bertz CT molecular complexity index is 1280. The molecular formula is C31H39FN2O7S. The van der Waals surface area contributed by atoms with Gasteiger partial charge in [0.2, 0.25) is 5.75 Å². The predicted octanol–water partition coefficient (Wildman–Crippen LogP) is 6.09. The van der Waals surface area contributed by atoms with E-state index in [1.165, 1.54) is 19.2 Å². The molecule has 0 unspecified atom stereocenters. The maximum atomic E-state index is 13.2. The Morgan fingerprint density at radius 2 is 1.45 bits per heavy atom. The van der Waals surface area contributed by atoms with E-state index in [1.54, 1.807) is 52.3 Å². The first-order valence-corrected chi connectivity index (χ1v) is 14.8. The molecule has 9 nitrogen and oxygen atoms in total. The second-order valence-electron chi connectivity index (χ2n) is 9.75. The number of hydrogen-bond acceptors (Lipinski definition) is 10. The Hall–Kier alpha value is -3.22. The van der Waals surface area contributed by atoms with Gasteiger partial charge in [-0.3, -0.25) is 5.21 Å². The lowest BCUT2D eigenvalue weighted by atomic mass is 10.0. The van der Waals surface area contributed by atoms with Gasteiger partial charge in [-0.05, 0) is 65.9 Å². The van der Waals surface area contributed by atoms with Crippen molar-refractivity contribution in [3.8, 4) is 28.7 Å². The Balaban J connectivity index is 1.48. The second-order valence-corrected chi connectivity index (χ2v) is 10.9. The molecule has 228 valence electrons. The number of hydrogen-bond donors (Lipinski definition) is 2. The zero-order chi connectivity index (χ0) is 30.1. The molecule has 1 fully saturated rings. The van der Waals surface area contributed by atoms with E-state index in [-0.39, 0.29) is 18.0 Å². The largest absolute Gasteiger partial charge is 0.493 e. The van der Waals surface area contributed by atoms with Crippen molar-refractivity contribution in [2.75, 3.05) is 47.8 Å².